The van der Waals surface area contributed by atoms with E-state index in [1.54, 1.807) is 0 Å². The number of unbranched alkanes of at least 4 members (excludes halogenated alkanes) is 18. The highest BCUT2D eigenvalue weighted by Gasteiger charge is 2.09. The molecule has 2 nitrogen and oxygen atoms in total. The van der Waals surface area contributed by atoms with E-state index in [2.05, 4.69) is 62.5 Å². The van der Waals surface area contributed by atoms with Gasteiger partial charge in [0.25, 0.3) is 0 Å². The van der Waals surface area contributed by atoms with Crippen LogP contribution in [0.25, 0.3) is 0 Å². The van der Waals surface area contributed by atoms with Crippen LogP contribution in [0.5, 0.6) is 0 Å². The summed E-state index contributed by atoms with van der Waals surface area (Å²) < 4.78 is -0.0321. The molecule has 0 aliphatic rings. The van der Waals surface area contributed by atoms with Crippen LogP contribution in [-0.2, 0) is 0 Å². The molecule has 0 atom stereocenters. The fraction of sp³-hybridized carbons (Fsp3) is 0.784. The second-order valence-electron chi connectivity index (χ2n) is 11.9. The SMILES string of the molecule is CCCCC/C=C\C/C=C\CCCCCCCC[N+](C)([O-])CCCCCCCC/C=C\C/C=C\CCCCC. The van der Waals surface area contributed by atoms with Crippen molar-refractivity contribution in [2.45, 2.75) is 168 Å². The zero-order chi connectivity index (χ0) is 28.5. The first-order chi connectivity index (χ1) is 19.1. The van der Waals surface area contributed by atoms with Gasteiger partial charge < -0.3 is 9.85 Å². The van der Waals surface area contributed by atoms with Crippen molar-refractivity contribution in [1.82, 2.24) is 0 Å². The molecule has 0 aliphatic heterocycles. The normalized spacial score (nSPS) is 12.8. The van der Waals surface area contributed by atoms with E-state index in [0.29, 0.717) is 0 Å². The monoisotopic (exact) mass is 544 g/mol. The van der Waals surface area contributed by atoms with E-state index in [1.165, 1.54) is 128 Å². The van der Waals surface area contributed by atoms with Gasteiger partial charge in [-0.2, -0.15) is 0 Å². The van der Waals surface area contributed by atoms with Crippen molar-refractivity contribution in [2.75, 3.05) is 20.1 Å². The summed E-state index contributed by atoms with van der Waals surface area (Å²) in [4.78, 5) is 0. The van der Waals surface area contributed by atoms with Crippen molar-refractivity contribution in [3.05, 3.63) is 53.8 Å². The number of quaternary nitrogens is 1. The molecular weight excluding hydrogens is 474 g/mol. The topological polar surface area (TPSA) is 23.1 Å². The Morgan fingerprint density at radius 2 is 0.667 bits per heavy atom. The number of hydrogen-bond acceptors (Lipinski definition) is 1. The van der Waals surface area contributed by atoms with Crippen molar-refractivity contribution in [3.8, 4) is 0 Å². The Morgan fingerprint density at radius 3 is 1.00 bits per heavy atom. The largest absolute Gasteiger partial charge is 0.633 e. The Labute approximate surface area is 246 Å². The molecule has 0 rings (SSSR count). The average molecular weight is 544 g/mol. The minimum atomic E-state index is -0.0321. The molecule has 0 heterocycles. The van der Waals surface area contributed by atoms with E-state index in [4.69, 9.17) is 0 Å². The van der Waals surface area contributed by atoms with Crippen molar-refractivity contribution in [1.29, 1.82) is 0 Å². The molecule has 0 aromatic carbocycles. The van der Waals surface area contributed by atoms with E-state index in [1.807, 2.05) is 7.05 Å². The maximum absolute atomic E-state index is 12.7. The molecule has 0 radical (unpaired) electrons. The van der Waals surface area contributed by atoms with Crippen molar-refractivity contribution in [3.63, 3.8) is 0 Å². The quantitative estimate of drug-likeness (QED) is 0.0382. The third kappa shape index (κ3) is 33.0. The third-order valence-corrected chi connectivity index (χ3v) is 7.66. The van der Waals surface area contributed by atoms with Gasteiger partial charge in [-0.05, 0) is 89.9 Å². The highest BCUT2D eigenvalue weighted by Crippen LogP contribution is 2.13. The first kappa shape index (κ1) is 37.9. The van der Waals surface area contributed by atoms with E-state index < -0.39 is 0 Å². The fourth-order valence-corrected chi connectivity index (χ4v) is 4.98. The van der Waals surface area contributed by atoms with Gasteiger partial charge in [0.05, 0.1) is 20.1 Å². The van der Waals surface area contributed by atoms with E-state index in [-0.39, 0.29) is 4.65 Å². The van der Waals surface area contributed by atoms with Crippen molar-refractivity contribution < 1.29 is 4.65 Å². The molecule has 0 saturated carbocycles. The lowest BCUT2D eigenvalue weighted by molar-refractivity contribution is -0.861. The van der Waals surface area contributed by atoms with Crippen LogP contribution in [0.15, 0.2) is 48.6 Å². The number of hydrogen-bond donors (Lipinski definition) is 0. The van der Waals surface area contributed by atoms with Crippen LogP contribution in [0.4, 0.5) is 0 Å². The molecule has 0 bridgehead atoms. The average Bonchev–Trinajstić information content (AvgIpc) is 2.92. The van der Waals surface area contributed by atoms with Gasteiger partial charge in [0.2, 0.25) is 0 Å². The van der Waals surface area contributed by atoms with Crippen LogP contribution in [0.3, 0.4) is 0 Å². The number of hydroxylamine groups is 3. The minimum absolute atomic E-state index is 0.0321. The van der Waals surface area contributed by atoms with Gasteiger partial charge in [0.15, 0.2) is 0 Å². The van der Waals surface area contributed by atoms with Crippen molar-refractivity contribution in [2.24, 2.45) is 0 Å². The summed E-state index contributed by atoms with van der Waals surface area (Å²) in [6.07, 6.45) is 48.8. The second kappa shape index (κ2) is 31.4. The summed E-state index contributed by atoms with van der Waals surface area (Å²) >= 11 is 0. The highest BCUT2D eigenvalue weighted by molar-refractivity contribution is 4.93. The maximum Gasteiger partial charge on any atom is 0.0781 e. The summed E-state index contributed by atoms with van der Waals surface area (Å²) in [6.45, 7) is 6.12. The molecule has 0 fully saturated rings. The summed E-state index contributed by atoms with van der Waals surface area (Å²) in [5, 5.41) is 12.7. The van der Waals surface area contributed by atoms with Crippen LogP contribution in [0.2, 0.25) is 0 Å². The summed E-state index contributed by atoms with van der Waals surface area (Å²) in [5.41, 5.74) is 0. The van der Waals surface area contributed by atoms with Crippen LogP contribution < -0.4 is 0 Å². The van der Waals surface area contributed by atoms with Gasteiger partial charge in [-0.25, -0.2) is 0 Å². The fourth-order valence-electron chi connectivity index (χ4n) is 4.98. The van der Waals surface area contributed by atoms with Gasteiger partial charge in [-0.3, -0.25) is 0 Å². The Balaban J connectivity index is 3.42. The zero-order valence-corrected chi connectivity index (χ0v) is 26.9. The highest BCUT2D eigenvalue weighted by atomic mass is 16.5. The van der Waals surface area contributed by atoms with Crippen LogP contribution in [0, 0.1) is 5.21 Å². The van der Waals surface area contributed by atoms with Gasteiger partial charge >= 0.3 is 0 Å². The van der Waals surface area contributed by atoms with E-state index in [0.717, 1.165) is 38.8 Å². The Kier molecular flexibility index (Phi) is 30.5. The van der Waals surface area contributed by atoms with Crippen molar-refractivity contribution >= 4 is 0 Å². The summed E-state index contributed by atoms with van der Waals surface area (Å²) in [6, 6.07) is 0. The van der Waals surface area contributed by atoms with Crippen LogP contribution in [0.1, 0.15) is 168 Å². The lowest BCUT2D eigenvalue weighted by Crippen LogP contribution is -2.39. The lowest BCUT2D eigenvalue weighted by atomic mass is 10.1. The molecule has 228 valence electrons. The third-order valence-electron chi connectivity index (χ3n) is 7.66. The second-order valence-corrected chi connectivity index (χ2v) is 11.9. The number of nitrogens with zero attached hydrogens (tertiary/aromatic N) is 1. The molecule has 0 amide bonds. The molecular formula is C37H69NO. The Bertz CT molecular complexity index is 536. The van der Waals surface area contributed by atoms with Crippen LogP contribution in [-0.4, -0.2) is 24.8 Å². The molecule has 39 heavy (non-hydrogen) atoms. The summed E-state index contributed by atoms with van der Waals surface area (Å²) in [5.74, 6) is 0. The molecule has 0 aliphatic carbocycles. The molecule has 0 N–H and O–H groups in total. The summed E-state index contributed by atoms with van der Waals surface area (Å²) in [7, 11) is 1.89. The standard InChI is InChI=1S/C37H69NO/c1-4-6-8-10-12-14-16-18-20-22-24-26-28-30-32-34-36-38(3,39)37-35-33-31-29-27-25-23-21-19-17-15-13-11-9-7-5-2/h12-15,18-21H,4-11,16-17,22-37H2,1-3H3/b14-12-,15-13-,20-18-,21-19-. The predicted octanol–water partition coefficient (Wildman–Crippen LogP) is 12.6. The first-order valence-corrected chi connectivity index (χ1v) is 17.3. The van der Waals surface area contributed by atoms with Gasteiger partial charge in [-0.15, -0.1) is 0 Å². The smallest absolute Gasteiger partial charge is 0.0781 e. The molecule has 0 spiro atoms. The molecule has 0 aromatic heterocycles. The lowest BCUT2D eigenvalue weighted by Gasteiger charge is -2.39. The number of allylic oxidation sites excluding steroid dienone is 8. The first-order valence-electron chi connectivity index (χ1n) is 17.3. The minimum Gasteiger partial charge on any atom is -0.633 e. The van der Waals surface area contributed by atoms with Crippen LogP contribution >= 0.6 is 0 Å². The molecule has 0 aromatic rings. The predicted molar refractivity (Wildman–Crippen MR) is 178 cm³/mol. The zero-order valence-electron chi connectivity index (χ0n) is 26.9. The molecule has 2 heteroatoms. The Morgan fingerprint density at radius 1 is 0.385 bits per heavy atom. The van der Waals surface area contributed by atoms with Gasteiger partial charge in [-0.1, -0.05) is 127 Å². The Hall–Kier alpha value is -1.12. The van der Waals surface area contributed by atoms with E-state index >= 15 is 0 Å². The maximum atomic E-state index is 12.7. The molecule has 0 saturated heterocycles. The van der Waals surface area contributed by atoms with E-state index in [9.17, 15) is 5.21 Å². The van der Waals surface area contributed by atoms with Gasteiger partial charge in [0, 0.05) is 0 Å². The van der Waals surface area contributed by atoms with Gasteiger partial charge in [0.1, 0.15) is 0 Å². The molecule has 0 unspecified atom stereocenters. The number of rotatable bonds is 30.